The molecule has 0 saturated carbocycles. The Morgan fingerprint density at radius 3 is 2.69 bits per heavy atom. The van der Waals surface area contributed by atoms with E-state index < -0.39 is 36.4 Å². The molecule has 7 nitrogen and oxygen atoms in total. The lowest BCUT2D eigenvalue weighted by molar-refractivity contribution is -0.153. The van der Waals surface area contributed by atoms with Gasteiger partial charge in [0.25, 0.3) is 12.3 Å². The van der Waals surface area contributed by atoms with Crippen LogP contribution in [0.2, 0.25) is 0 Å². The quantitative estimate of drug-likeness (QED) is 0.442. The van der Waals surface area contributed by atoms with Crippen molar-refractivity contribution in [1.29, 1.82) is 0 Å². The van der Waals surface area contributed by atoms with Gasteiger partial charge in [0, 0.05) is 18.5 Å². The van der Waals surface area contributed by atoms with Gasteiger partial charge in [0.2, 0.25) is 0 Å². The highest BCUT2D eigenvalue weighted by Crippen LogP contribution is 2.33. The van der Waals surface area contributed by atoms with Crippen LogP contribution in [0.5, 0.6) is 17.4 Å². The van der Waals surface area contributed by atoms with Gasteiger partial charge in [-0.25, -0.2) is 23.1 Å². The summed E-state index contributed by atoms with van der Waals surface area (Å²) in [5.41, 5.74) is -1.38. The summed E-state index contributed by atoms with van der Waals surface area (Å²) in [5, 5.41) is 3.77. The zero-order chi connectivity index (χ0) is 21.2. The van der Waals surface area contributed by atoms with Gasteiger partial charge >= 0.3 is 12.1 Å². The number of carbonyl (C=O) groups is 1. The third-order valence-corrected chi connectivity index (χ3v) is 3.58. The molecular formula is C17H12F5N3O4. The van der Waals surface area contributed by atoms with Gasteiger partial charge in [0.1, 0.15) is 5.75 Å². The van der Waals surface area contributed by atoms with Crippen molar-refractivity contribution in [2.24, 2.45) is 0 Å². The van der Waals surface area contributed by atoms with E-state index in [-0.39, 0.29) is 22.9 Å². The highest BCUT2D eigenvalue weighted by Gasteiger charge is 2.29. The first-order valence-corrected chi connectivity index (χ1v) is 7.91. The third-order valence-electron chi connectivity index (χ3n) is 3.58. The molecule has 0 bridgehead atoms. The number of halogens is 5. The molecular weight excluding hydrogens is 405 g/mol. The average molecular weight is 417 g/mol. The summed E-state index contributed by atoms with van der Waals surface area (Å²) in [5.74, 6) is -1.67. The molecule has 0 N–H and O–H groups in total. The zero-order valence-corrected chi connectivity index (χ0v) is 14.6. The van der Waals surface area contributed by atoms with Gasteiger partial charge in [0.15, 0.2) is 18.1 Å². The van der Waals surface area contributed by atoms with Crippen LogP contribution in [0.1, 0.15) is 22.5 Å². The molecule has 3 aromatic rings. The van der Waals surface area contributed by atoms with Crippen molar-refractivity contribution in [3.63, 3.8) is 0 Å². The standard InChI is InChI=1S/C17H12F5N3O4/c1-27-16(26)13-12(14(18)19)10-7-9(4-6-25(10)24-13)29-15-11(3-2-5-23-15)28-8-17(20,21)22/h2-7,14H,8H2,1H3. The Kier molecular flexibility index (Phi) is 5.52. The number of esters is 1. The molecule has 0 amide bonds. The second-order valence-electron chi connectivity index (χ2n) is 5.56. The molecule has 3 aromatic heterocycles. The Labute approximate surface area is 159 Å². The third kappa shape index (κ3) is 4.52. The van der Waals surface area contributed by atoms with E-state index in [4.69, 9.17) is 4.74 Å². The number of aromatic nitrogens is 3. The SMILES string of the molecule is COC(=O)c1nn2ccc(Oc3ncccc3OCC(F)(F)F)cc2c1C(F)F. The summed E-state index contributed by atoms with van der Waals surface area (Å²) >= 11 is 0. The lowest BCUT2D eigenvalue weighted by Crippen LogP contribution is -2.19. The van der Waals surface area contributed by atoms with Gasteiger partial charge in [-0.3, -0.25) is 0 Å². The van der Waals surface area contributed by atoms with Crippen molar-refractivity contribution in [2.75, 3.05) is 13.7 Å². The monoisotopic (exact) mass is 417 g/mol. The van der Waals surface area contributed by atoms with Crippen LogP contribution in [0.25, 0.3) is 5.52 Å². The number of ether oxygens (including phenoxy) is 3. The molecule has 0 aliphatic heterocycles. The van der Waals surface area contributed by atoms with E-state index >= 15 is 0 Å². The lowest BCUT2D eigenvalue weighted by Gasteiger charge is -2.12. The Morgan fingerprint density at radius 2 is 2.03 bits per heavy atom. The minimum absolute atomic E-state index is 0.0359. The predicted octanol–water partition coefficient (Wildman–Crippen LogP) is 4.19. The molecule has 3 rings (SSSR count). The summed E-state index contributed by atoms with van der Waals surface area (Å²) in [6, 6.07) is 5.00. The fourth-order valence-corrected chi connectivity index (χ4v) is 2.40. The number of rotatable bonds is 6. The number of pyridine rings is 2. The van der Waals surface area contributed by atoms with Crippen LogP contribution in [0.15, 0.2) is 36.7 Å². The molecule has 0 radical (unpaired) electrons. The molecule has 12 heteroatoms. The first kappa shape index (κ1) is 20.3. The molecule has 29 heavy (non-hydrogen) atoms. The van der Waals surface area contributed by atoms with Crippen LogP contribution in [-0.4, -0.2) is 40.5 Å². The number of carbonyl (C=O) groups excluding carboxylic acids is 1. The highest BCUT2D eigenvalue weighted by molar-refractivity contribution is 5.91. The van der Waals surface area contributed by atoms with Crippen molar-refractivity contribution < 1.29 is 41.0 Å². The van der Waals surface area contributed by atoms with E-state index in [2.05, 4.69) is 19.6 Å². The van der Waals surface area contributed by atoms with Crippen molar-refractivity contribution >= 4 is 11.5 Å². The van der Waals surface area contributed by atoms with E-state index in [1.54, 1.807) is 0 Å². The van der Waals surface area contributed by atoms with Crippen molar-refractivity contribution in [3.05, 3.63) is 47.9 Å². The average Bonchev–Trinajstić information content (AvgIpc) is 3.05. The first-order valence-electron chi connectivity index (χ1n) is 7.91. The maximum absolute atomic E-state index is 13.5. The number of hydrogen-bond acceptors (Lipinski definition) is 6. The molecule has 0 aliphatic carbocycles. The Bertz CT molecular complexity index is 1040. The molecule has 0 atom stereocenters. The second-order valence-corrected chi connectivity index (χ2v) is 5.56. The number of alkyl halides is 5. The van der Waals surface area contributed by atoms with E-state index in [1.165, 1.54) is 30.6 Å². The Balaban J connectivity index is 1.96. The topological polar surface area (TPSA) is 75.0 Å². The number of nitrogens with zero attached hydrogens (tertiary/aromatic N) is 3. The minimum Gasteiger partial charge on any atom is -0.478 e. The molecule has 0 unspecified atom stereocenters. The van der Waals surface area contributed by atoms with E-state index in [0.29, 0.717) is 0 Å². The summed E-state index contributed by atoms with van der Waals surface area (Å²) in [7, 11) is 1.03. The van der Waals surface area contributed by atoms with Crippen molar-refractivity contribution in [3.8, 4) is 17.4 Å². The molecule has 0 aromatic carbocycles. The Morgan fingerprint density at radius 1 is 1.28 bits per heavy atom. The normalized spacial score (nSPS) is 11.7. The molecule has 0 saturated heterocycles. The van der Waals surface area contributed by atoms with Crippen LogP contribution < -0.4 is 9.47 Å². The van der Waals surface area contributed by atoms with Crippen molar-refractivity contribution in [1.82, 2.24) is 14.6 Å². The molecule has 3 heterocycles. The lowest BCUT2D eigenvalue weighted by atomic mass is 10.2. The summed E-state index contributed by atoms with van der Waals surface area (Å²) in [4.78, 5) is 15.5. The first-order chi connectivity index (χ1) is 13.7. The van der Waals surface area contributed by atoms with E-state index in [0.717, 1.165) is 17.7 Å². The van der Waals surface area contributed by atoms with Gasteiger partial charge in [0.05, 0.1) is 18.2 Å². The summed E-state index contributed by atoms with van der Waals surface area (Å²) in [6.07, 6.45) is -5.12. The van der Waals surface area contributed by atoms with Gasteiger partial charge in [-0.2, -0.15) is 18.3 Å². The van der Waals surface area contributed by atoms with Gasteiger partial charge in [-0.05, 0) is 18.2 Å². The minimum atomic E-state index is -4.57. The molecule has 0 fully saturated rings. The Hall–Kier alpha value is -3.44. The maximum atomic E-state index is 13.5. The fourth-order valence-electron chi connectivity index (χ4n) is 2.40. The van der Waals surface area contributed by atoms with Crippen LogP contribution >= 0.6 is 0 Å². The van der Waals surface area contributed by atoms with Gasteiger partial charge < -0.3 is 14.2 Å². The van der Waals surface area contributed by atoms with Crippen LogP contribution in [0.3, 0.4) is 0 Å². The smallest absolute Gasteiger partial charge is 0.422 e. The summed E-state index contributed by atoms with van der Waals surface area (Å²) < 4.78 is 79.7. The fraction of sp³-hybridized carbons (Fsp3) is 0.235. The van der Waals surface area contributed by atoms with Crippen LogP contribution in [0.4, 0.5) is 22.0 Å². The van der Waals surface area contributed by atoms with Crippen LogP contribution in [0, 0.1) is 0 Å². The van der Waals surface area contributed by atoms with Crippen molar-refractivity contribution in [2.45, 2.75) is 12.6 Å². The number of hydrogen-bond donors (Lipinski definition) is 0. The predicted molar refractivity (Wildman–Crippen MR) is 87.3 cm³/mol. The van der Waals surface area contributed by atoms with Gasteiger partial charge in [-0.1, -0.05) is 0 Å². The van der Waals surface area contributed by atoms with E-state index in [9.17, 15) is 26.7 Å². The number of methoxy groups -OCH3 is 1. The van der Waals surface area contributed by atoms with Gasteiger partial charge in [-0.15, -0.1) is 0 Å². The highest BCUT2D eigenvalue weighted by atomic mass is 19.4. The molecule has 0 aliphatic rings. The molecule has 154 valence electrons. The van der Waals surface area contributed by atoms with Crippen LogP contribution in [-0.2, 0) is 4.74 Å². The summed E-state index contributed by atoms with van der Waals surface area (Å²) in [6.45, 7) is -1.56. The molecule has 0 spiro atoms. The maximum Gasteiger partial charge on any atom is 0.422 e. The second kappa shape index (κ2) is 7.89. The number of fused-ring (bicyclic) bond motifs is 1. The largest absolute Gasteiger partial charge is 0.478 e. The zero-order valence-electron chi connectivity index (χ0n) is 14.6. The van der Waals surface area contributed by atoms with E-state index in [1.807, 2.05) is 0 Å².